The van der Waals surface area contributed by atoms with Crippen molar-refractivity contribution in [2.75, 3.05) is 9.80 Å². The van der Waals surface area contributed by atoms with Gasteiger partial charge in [0, 0.05) is 45.0 Å². The van der Waals surface area contributed by atoms with Crippen molar-refractivity contribution < 1.29 is 0 Å². The Kier molecular flexibility index (Phi) is 8.63. The number of rotatable bonds is 8. The van der Waals surface area contributed by atoms with Gasteiger partial charge in [0.1, 0.15) is 0 Å². The van der Waals surface area contributed by atoms with E-state index >= 15 is 0 Å². The van der Waals surface area contributed by atoms with E-state index < -0.39 is 0 Å². The fraction of sp³-hybridized carbons (Fsp3) is 0.208. The van der Waals surface area contributed by atoms with Crippen molar-refractivity contribution in [3.05, 3.63) is 204 Å². The molecule has 270 valence electrons. The van der Waals surface area contributed by atoms with Crippen LogP contribution in [-0.2, 0) is 10.8 Å². The van der Waals surface area contributed by atoms with Crippen LogP contribution >= 0.6 is 0 Å². The minimum Gasteiger partial charge on any atom is -0.311 e. The van der Waals surface area contributed by atoms with Crippen molar-refractivity contribution in [1.29, 1.82) is 0 Å². The highest BCUT2D eigenvalue weighted by Crippen LogP contribution is 2.58. The lowest BCUT2D eigenvalue weighted by molar-refractivity contribution is 0.346. The number of nitrogens with zero attached hydrogens (tertiary/aromatic N) is 2. The number of para-hydroxylation sites is 3. The molecule has 2 heteroatoms. The van der Waals surface area contributed by atoms with Crippen molar-refractivity contribution in [2.24, 2.45) is 0 Å². The Morgan fingerprint density at radius 3 is 1.20 bits per heavy atom. The first-order chi connectivity index (χ1) is 27.2. The second-order valence-electron chi connectivity index (χ2n) is 16.0. The minimum absolute atomic E-state index is 0.00852. The monoisotopic (exact) mass is 712 g/mol. The average molecular weight is 713 g/mol. The van der Waals surface area contributed by atoms with Crippen LogP contribution < -0.4 is 9.80 Å². The van der Waals surface area contributed by atoms with Crippen LogP contribution in [0.1, 0.15) is 80.0 Å². The third-order valence-corrected chi connectivity index (χ3v) is 13.1. The summed E-state index contributed by atoms with van der Waals surface area (Å²) in [6, 6.07) is 67.9. The summed E-state index contributed by atoms with van der Waals surface area (Å²) >= 11 is 0. The molecular formula is C53H48N2. The molecule has 7 aromatic carbocycles. The first-order valence-corrected chi connectivity index (χ1v) is 20.4. The van der Waals surface area contributed by atoms with Crippen LogP contribution in [0.3, 0.4) is 0 Å². The quantitative estimate of drug-likeness (QED) is 0.155. The summed E-state index contributed by atoms with van der Waals surface area (Å²) < 4.78 is 0. The molecule has 0 bridgehead atoms. The maximum Gasteiger partial charge on any atom is 0.0465 e. The fourth-order valence-corrected chi connectivity index (χ4v) is 10.5. The largest absolute Gasteiger partial charge is 0.311 e. The molecule has 0 saturated heterocycles. The number of anilines is 6. The predicted octanol–water partition coefficient (Wildman–Crippen LogP) is 14.7. The van der Waals surface area contributed by atoms with Gasteiger partial charge in [-0.2, -0.15) is 0 Å². The highest BCUT2D eigenvalue weighted by Gasteiger charge is 2.45. The van der Waals surface area contributed by atoms with Gasteiger partial charge in [-0.25, -0.2) is 0 Å². The van der Waals surface area contributed by atoms with Crippen molar-refractivity contribution in [3.63, 3.8) is 0 Å². The van der Waals surface area contributed by atoms with Crippen molar-refractivity contribution >= 4 is 34.1 Å². The molecule has 0 atom stereocenters. The summed E-state index contributed by atoms with van der Waals surface area (Å²) in [4.78, 5) is 4.83. The lowest BCUT2D eigenvalue weighted by Gasteiger charge is -2.39. The van der Waals surface area contributed by atoms with E-state index in [1.54, 1.807) is 0 Å². The second kappa shape index (κ2) is 14.1. The van der Waals surface area contributed by atoms with Crippen LogP contribution in [0.25, 0.3) is 11.1 Å². The number of hydrogen-bond donors (Lipinski definition) is 0. The number of hydrogen-bond acceptors (Lipinski definition) is 2. The number of fused-ring (bicyclic) bond motifs is 5. The van der Waals surface area contributed by atoms with E-state index in [2.05, 4.69) is 192 Å². The van der Waals surface area contributed by atoms with E-state index in [1.807, 2.05) is 0 Å². The van der Waals surface area contributed by atoms with Crippen LogP contribution in [0.2, 0.25) is 0 Å². The van der Waals surface area contributed by atoms with Crippen LogP contribution in [0, 0.1) is 0 Å². The van der Waals surface area contributed by atoms with Gasteiger partial charge in [0.25, 0.3) is 0 Å². The molecule has 0 aromatic heterocycles. The van der Waals surface area contributed by atoms with Gasteiger partial charge in [-0.05, 0) is 132 Å². The Labute approximate surface area is 326 Å². The Hall–Kier alpha value is -5.86. The molecule has 0 aliphatic heterocycles. The summed E-state index contributed by atoms with van der Waals surface area (Å²) in [5, 5.41) is 0. The molecule has 2 fully saturated rings. The van der Waals surface area contributed by atoms with Gasteiger partial charge in [-0.1, -0.05) is 141 Å². The second-order valence-corrected chi connectivity index (χ2v) is 16.0. The van der Waals surface area contributed by atoms with Gasteiger partial charge in [0.05, 0.1) is 0 Å². The Morgan fingerprint density at radius 1 is 0.291 bits per heavy atom. The van der Waals surface area contributed by atoms with Crippen molar-refractivity contribution in [2.45, 2.75) is 68.6 Å². The molecule has 0 radical (unpaired) electrons. The molecule has 0 amide bonds. The van der Waals surface area contributed by atoms with Gasteiger partial charge in [0.2, 0.25) is 0 Å². The Balaban J connectivity index is 1.02. The maximum absolute atomic E-state index is 2.53. The van der Waals surface area contributed by atoms with Gasteiger partial charge in [0.15, 0.2) is 0 Å². The van der Waals surface area contributed by atoms with E-state index in [0.717, 1.165) is 0 Å². The van der Waals surface area contributed by atoms with Crippen LogP contribution in [0.5, 0.6) is 0 Å². The first kappa shape index (κ1) is 33.7. The lowest BCUT2D eigenvalue weighted by Crippen LogP contribution is -2.30. The van der Waals surface area contributed by atoms with Crippen molar-refractivity contribution in [3.8, 4) is 11.1 Å². The van der Waals surface area contributed by atoms with E-state index in [4.69, 9.17) is 0 Å². The zero-order valence-electron chi connectivity index (χ0n) is 31.6. The topological polar surface area (TPSA) is 6.48 Å². The Bertz CT molecular complexity index is 2350. The third kappa shape index (κ3) is 5.78. The molecule has 7 aromatic rings. The molecule has 1 spiro atoms. The molecule has 3 aliphatic carbocycles. The zero-order valence-corrected chi connectivity index (χ0v) is 31.6. The van der Waals surface area contributed by atoms with Gasteiger partial charge in [-0.3, -0.25) is 0 Å². The van der Waals surface area contributed by atoms with E-state index in [-0.39, 0.29) is 10.8 Å². The Morgan fingerprint density at radius 2 is 0.673 bits per heavy atom. The number of benzene rings is 7. The van der Waals surface area contributed by atoms with Gasteiger partial charge in [-0.15, -0.1) is 0 Å². The van der Waals surface area contributed by atoms with Gasteiger partial charge >= 0.3 is 0 Å². The van der Waals surface area contributed by atoms with E-state index in [9.17, 15) is 0 Å². The summed E-state index contributed by atoms with van der Waals surface area (Å²) in [6.45, 7) is 0. The molecule has 3 aliphatic rings. The van der Waals surface area contributed by atoms with Crippen LogP contribution in [0.15, 0.2) is 182 Å². The summed E-state index contributed by atoms with van der Waals surface area (Å²) in [5.74, 6) is 0. The fourth-order valence-electron chi connectivity index (χ4n) is 10.5. The van der Waals surface area contributed by atoms with Crippen LogP contribution in [0.4, 0.5) is 34.1 Å². The molecular weight excluding hydrogens is 665 g/mol. The molecule has 55 heavy (non-hydrogen) atoms. The molecule has 2 nitrogen and oxygen atoms in total. The molecule has 10 rings (SSSR count). The molecule has 0 unspecified atom stereocenters. The third-order valence-electron chi connectivity index (χ3n) is 13.1. The first-order valence-electron chi connectivity index (χ1n) is 20.4. The lowest BCUT2D eigenvalue weighted by atomic mass is 9.65. The van der Waals surface area contributed by atoms with E-state index in [0.29, 0.717) is 0 Å². The smallest absolute Gasteiger partial charge is 0.0465 e. The molecule has 2 saturated carbocycles. The SMILES string of the molecule is c1ccc(N(c2ccccc2)c2ccc(C3(c4ccc(N(c5ccccc5)c5ccc6c(c5)C5(CCCC5)c5ccccc5-6)cc4)CCCCC3)cc2)cc1. The molecule has 0 heterocycles. The summed E-state index contributed by atoms with van der Waals surface area (Å²) in [6.07, 6.45) is 11.2. The zero-order chi connectivity index (χ0) is 36.7. The average Bonchev–Trinajstić information content (AvgIpc) is 3.87. The van der Waals surface area contributed by atoms with Gasteiger partial charge < -0.3 is 9.80 Å². The minimum atomic E-state index is -0.00852. The summed E-state index contributed by atoms with van der Waals surface area (Å²) in [5.41, 5.74) is 16.0. The highest BCUT2D eigenvalue weighted by molar-refractivity contribution is 5.86. The summed E-state index contributed by atoms with van der Waals surface area (Å²) in [7, 11) is 0. The maximum atomic E-state index is 2.53. The highest BCUT2D eigenvalue weighted by atomic mass is 15.1. The van der Waals surface area contributed by atoms with E-state index in [1.165, 1.54) is 125 Å². The molecule has 0 N–H and O–H groups in total. The standard InChI is InChI=1S/C53H48N2/c1-5-17-42(18-6-1)54(43-19-7-2-8-20-43)45-29-25-40(26-30-45)52(35-13-4-14-36-52)41-27-31-46(32-28-41)55(44-21-9-3-10-22-44)47-33-34-49-48-23-11-12-24-50(48)53(51(49)39-47)37-15-16-38-53/h1-3,5-12,17-34,39H,4,13-16,35-38H2. The van der Waals surface area contributed by atoms with Crippen molar-refractivity contribution in [1.82, 2.24) is 0 Å². The normalized spacial score (nSPS) is 16.4. The van der Waals surface area contributed by atoms with Crippen LogP contribution in [-0.4, -0.2) is 0 Å². The predicted molar refractivity (Wildman–Crippen MR) is 231 cm³/mol.